The highest BCUT2D eigenvalue weighted by molar-refractivity contribution is 5.77. The van der Waals surface area contributed by atoms with E-state index in [1.165, 1.54) is 37.4 Å². The molecule has 0 aliphatic heterocycles. The largest absolute Gasteiger partial charge is 0.493 e. The van der Waals surface area contributed by atoms with Gasteiger partial charge in [0.25, 0.3) is 0 Å². The van der Waals surface area contributed by atoms with Crippen LogP contribution in [-0.4, -0.2) is 61.2 Å². The van der Waals surface area contributed by atoms with Crippen molar-refractivity contribution in [2.24, 2.45) is 0 Å². The van der Waals surface area contributed by atoms with E-state index in [0.29, 0.717) is 24.4 Å². The molecule has 0 saturated heterocycles. The van der Waals surface area contributed by atoms with Crippen molar-refractivity contribution < 1.29 is 63.4 Å². The molecule has 0 unspecified atom stereocenters. The van der Waals surface area contributed by atoms with Gasteiger partial charge in [-0.15, -0.1) is 0 Å². The molecule has 0 N–H and O–H groups in total. The van der Waals surface area contributed by atoms with Gasteiger partial charge < -0.3 is 28.4 Å². The number of aldehydes is 3. The van der Waals surface area contributed by atoms with Gasteiger partial charge in [-0.05, 0) is 54.6 Å². The first-order valence-corrected chi connectivity index (χ1v) is 9.44. The van der Waals surface area contributed by atoms with Gasteiger partial charge in [0.2, 0.25) is 0 Å². The summed E-state index contributed by atoms with van der Waals surface area (Å²) in [6.07, 6.45) is 1.60. The van der Waals surface area contributed by atoms with E-state index in [0.717, 1.165) is 24.3 Å². The number of rotatable bonds is 9. The molecule has 0 heterocycles. The Hall–Kier alpha value is -4.53. The maximum Gasteiger partial charge on any atom is 0.161 e. The van der Waals surface area contributed by atoms with E-state index in [4.69, 9.17) is 25.3 Å². The zero-order valence-electron chi connectivity index (χ0n) is 33.6. The zero-order valence-corrected chi connectivity index (χ0v) is 18.6. The van der Waals surface area contributed by atoms with Gasteiger partial charge in [0.05, 0.1) is 62.9 Å². The quantitative estimate of drug-likeness (QED) is 0.381. The minimum atomic E-state index is -2.77. The molecule has 3 aromatic rings. The Morgan fingerprint density at radius 3 is 1.00 bits per heavy atom. The monoisotopic (exact) mass is 513 g/mol. The molecule has 0 fully saturated rings. The topological polar surface area (TPSA) is 107 Å². The minimum absolute atomic E-state index is 0.0862. The summed E-state index contributed by atoms with van der Waals surface area (Å²) in [6.45, 7) is 0. The second-order valence-corrected chi connectivity index (χ2v) is 6.19. The lowest BCUT2D eigenvalue weighted by Gasteiger charge is -2.06. The van der Waals surface area contributed by atoms with Gasteiger partial charge in [-0.2, -0.15) is 0 Å². The third-order valence-electron chi connectivity index (χ3n) is 4.08. The first kappa shape index (κ1) is 13.5. The molecule has 192 valence electrons. The summed E-state index contributed by atoms with van der Waals surface area (Å²) in [6, 6.07) is 11.4. The van der Waals surface area contributed by atoms with Crippen LogP contribution in [0.15, 0.2) is 54.6 Å². The molecule has 36 heavy (non-hydrogen) atoms. The lowest BCUT2D eigenvalue weighted by atomic mass is 10.2. The summed E-state index contributed by atoms with van der Waals surface area (Å²) >= 11 is 0. The van der Waals surface area contributed by atoms with Crippen LogP contribution < -0.4 is 28.4 Å². The number of carbonyl (C=O) groups is 3. The summed E-state index contributed by atoms with van der Waals surface area (Å²) < 4.78 is 132. The second-order valence-electron chi connectivity index (χ2n) is 6.19. The van der Waals surface area contributed by atoms with Gasteiger partial charge in [0.1, 0.15) is 18.9 Å². The maximum atomic E-state index is 10.6. The number of methoxy groups -OCH3 is 6. The van der Waals surface area contributed by atoms with Crippen molar-refractivity contribution in [2.45, 2.75) is 0 Å². The van der Waals surface area contributed by atoms with E-state index >= 15 is 0 Å². The van der Waals surface area contributed by atoms with Crippen LogP contribution in [0, 0.1) is 0 Å². The second kappa shape index (κ2) is 16.2. The summed E-state index contributed by atoms with van der Waals surface area (Å²) in [5, 5.41) is 0. The SMILES string of the molecule is [2H]C([2H])([2H])Oc1ccc(C=O)cc1OC.[2H]C([2H])([2H])Oc1ccc(C=O)cc1OC([2H])([2H])[2H].[2H]C([2H])([2H])Oc1ccc(C=O)cc1OC([2H])([2H])[2H]. The molecule has 9 heteroatoms. The van der Waals surface area contributed by atoms with Crippen molar-refractivity contribution in [3.05, 3.63) is 71.3 Å². The van der Waals surface area contributed by atoms with Crippen LogP contribution in [0.5, 0.6) is 34.5 Å². The summed E-state index contributed by atoms with van der Waals surface area (Å²) in [4.78, 5) is 31.6. The summed E-state index contributed by atoms with van der Waals surface area (Å²) in [5.41, 5.74) is 0.684. The van der Waals surface area contributed by atoms with Crippen molar-refractivity contribution in [3.63, 3.8) is 0 Å². The molecule has 0 spiro atoms. The molecule has 0 bridgehead atoms. The Balaban J connectivity index is 0.000000384. The van der Waals surface area contributed by atoms with Crippen LogP contribution in [-0.2, 0) is 0 Å². The van der Waals surface area contributed by atoms with Gasteiger partial charge >= 0.3 is 0 Å². The Morgan fingerprint density at radius 2 is 0.750 bits per heavy atom. The fraction of sp³-hybridized carbons (Fsp3) is 0.222. The molecule has 0 saturated carbocycles. The fourth-order valence-electron chi connectivity index (χ4n) is 2.37. The van der Waals surface area contributed by atoms with E-state index in [2.05, 4.69) is 23.7 Å². The number of benzene rings is 3. The summed E-state index contributed by atoms with van der Waals surface area (Å²) in [5.74, 6) is -0.876. The average molecular weight is 514 g/mol. The first-order chi connectivity index (χ1) is 23.2. The van der Waals surface area contributed by atoms with Gasteiger partial charge in [0, 0.05) is 16.7 Å². The molecule has 0 radical (unpaired) electrons. The Labute approximate surface area is 231 Å². The van der Waals surface area contributed by atoms with E-state index in [9.17, 15) is 14.4 Å². The molecule has 0 aromatic heterocycles. The lowest BCUT2D eigenvalue weighted by molar-refractivity contribution is 0.111. The first-order valence-electron chi connectivity index (χ1n) is 16.9. The maximum absolute atomic E-state index is 10.6. The number of ether oxygens (including phenoxy) is 6. The zero-order chi connectivity index (χ0) is 39.4. The Morgan fingerprint density at radius 1 is 0.472 bits per heavy atom. The Kier molecular flexibility index (Phi) is 6.07. The number of hydrogen-bond acceptors (Lipinski definition) is 9. The predicted octanol–water partition coefficient (Wildman–Crippen LogP) is 4.55. The van der Waals surface area contributed by atoms with Crippen molar-refractivity contribution in [1.82, 2.24) is 0 Å². The van der Waals surface area contributed by atoms with Gasteiger partial charge in [-0.3, -0.25) is 14.4 Å². The van der Waals surface area contributed by atoms with Crippen LogP contribution in [0.3, 0.4) is 0 Å². The average Bonchev–Trinajstić information content (AvgIpc) is 2.96. The molecule has 9 nitrogen and oxygen atoms in total. The van der Waals surface area contributed by atoms with Crippen molar-refractivity contribution in [1.29, 1.82) is 0 Å². The van der Waals surface area contributed by atoms with Crippen LogP contribution in [0.4, 0.5) is 0 Å². The van der Waals surface area contributed by atoms with Crippen LogP contribution in [0.2, 0.25) is 0 Å². The number of hydrogen-bond donors (Lipinski definition) is 0. The van der Waals surface area contributed by atoms with Gasteiger partial charge in [-0.1, -0.05) is 0 Å². The van der Waals surface area contributed by atoms with Crippen molar-refractivity contribution >= 4 is 18.9 Å². The fourth-order valence-corrected chi connectivity index (χ4v) is 2.37. The van der Waals surface area contributed by atoms with Crippen LogP contribution in [0.1, 0.15) is 51.6 Å². The van der Waals surface area contributed by atoms with Crippen molar-refractivity contribution in [3.8, 4) is 34.5 Å². The highest BCUT2D eigenvalue weighted by atomic mass is 16.5. The molecule has 0 atom stereocenters. The van der Waals surface area contributed by atoms with Gasteiger partial charge in [-0.25, -0.2) is 0 Å². The molecule has 3 rings (SSSR count). The van der Waals surface area contributed by atoms with Gasteiger partial charge in [0.15, 0.2) is 34.5 Å². The highest BCUT2D eigenvalue weighted by Gasteiger charge is 2.04. The predicted molar refractivity (Wildman–Crippen MR) is 135 cm³/mol. The third kappa shape index (κ3) is 8.68. The molecule has 0 aliphatic carbocycles. The smallest absolute Gasteiger partial charge is 0.161 e. The highest BCUT2D eigenvalue weighted by Crippen LogP contribution is 2.28. The molecule has 0 amide bonds. The van der Waals surface area contributed by atoms with Crippen LogP contribution in [0.25, 0.3) is 0 Å². The summed E-state index contributed by atoms with van der Waals surface area (Å²) in [7, 11) is -12.2. The van der Waals surface area contributed by atoms with E-state index in [1.807, 2.05) is 0 Å². The Bertz CT molecular complexity index is 1530. The van der Waals surface area contributed by atoms with E-state index in [1.54, 1.807) is 0 Å². The van der Waals surface area contributed by atoms with Crippen LogP contribution >= 0.6 is 0 Å². The normalized spacial score (nSPS) is 17.1. The lowest BCUT2D eigenvalue weighted by Crippen LogP contribution is -1.91. The molecule has 0 aliphatic rings. The minimum Gasteiger partial charge on any atom is -0.493 e. The van der Waals surface area contributed by atoms with E-state index in [-0.39, 0.29) is 45.6 Å². The third-order valence-corrected chi connectivity index (χ3v) is 4.08. The molecular formula is C27H30O9. The standard InChI is InChI=1S/3C9H10O3/c3*1-11-8-4-3-7(6-10)5-9(8)12-2/h3*3-6H,1-2H3/i2*1D3,2D3;1D3. The number of carbonyl (C=O) groups excluding carboxylic acids is 3. The molecular weight excluding hydrogens is 468 g/mol. The van der Waals surface area contributed by atoms with E-state index < -0.39 is 35.2 Å². The van der Waals surface area contributed by atoms with Crippen molar-refractivity contribution in [2.75, 3.05) is 42.3 Å². The molecule has 3 aromatic carbocycles.